The molecule has 0 aliphatic heterocycles. The number of primary amides is 1. The van der Waals surface area contributed by atoms with E-state index in [9.17, 15) is 4.79 Å². The third-order valence-corrected chi connectivity index (χ3v) is 3.27. The zero-order valence-corrected chi connectivity index (χ0v) is 12.7. The van der Waals surface area contributed by atoms with Crippen LogP contribution in [0.25, 0.3) is 0 Å². The van der Waals surface area contributed by atoms with Gasteiger partial charge in [0.2, 0.25) is 0 Å². The first-order chi connectivity index (χ1) is 10.6. The molecule has 0 aliphatic carbocycles. The van der Waals surface area contributed by atoms with Crippen LogP contribution < -0.4 is 15.8 Å². The molecule has 0 bridgehead atoms. The predicted octanol–water partition coefficient (Wildman–Crippen LogP) is 3.46. The van der Waals surface area contributed by atoms with E-state index in [4.69, 9.17) is 15.2 Å². The zero-order valence-electron chi connectivity index (χ0n) is 12.7. The van der Waals surface area contributed by atoms with Crippen LogP contribution in [0, 0.1) is 0 Å². The minimum Gasteiger partial charge on any atom is -0.488 e. The van der Waals surface area contributed by atoms with Gasteiger partial charge in [-0.15, -0.1) is 0 Å². The van der Waals surface area contributed by atoms with Gasteiger partial charge in [-0.1, -0.05) is 30.3 Å². The number of ether oxygens (including phenoxy) is 2. The highest BCUT2D eigenvalue weighted by molar-refractivity contribution is 5.65. The molecule has 0 spiro atoms. The van der Waals surface area contributed by atoms with Crippen molar-refractivity contribution in [2.45, 2.75) is 19.6 Å². The van der Waals surface area contributed by atoms with Gasteiger partial charge >= 0.3 is 6.09 Å². The van der Waals surface area contributed by atoms with E-state index in [1.54, 1.807) is 6.92 Å². The molecule has 2 aromatic carbocycles. The summed E-state index contributed by atoms with van der Waals surface area (Å²) in [4.78, 5) is 10.9. The van der Waals surface area contributed by atoms with Crippen LogP contribution in [0.3, 0.4) is 0 Å². The highest BCUT2D eigenvalue weighted by Crippen LogP contribution is 2.31. The van der Waals surface area contributed by atoms with E-state index >= 15 is 0 Å². The molecule has 3 N–H and O–H groups in total. The monoisotopic (exact) mass is 300 g/mol. The van der Waals surface area contributed by atoms with Crippen LogP contribution >= 0.6 is 0 Å². The lowest BCUT2D eigenvalue weighted by molar-refractivity contribution is 0.114. The van der Waals surface area contributed by atoms with Crippen molar-refractivity contribution in [1.29, 1.82) is 0 Å². The number of benzene rings is 2. The molecule has 2 rings (SSSR count). The Morgan fingerprint density at radius 3 is 2.59 bits per heavy atom. The van der Waals surface area contributed by atoms with Gasteiger partial charge in [0.1, 0.15) is 18.5 Å². The summed E-state index contributed by atoms with van der Waals surface area (Å²) in [6.45, 7) is 2.19. The fraction of sp³-hybridized carbons (Fsp3) is 0.235. The number of carbonyl (C=O) groups is 1. The molecule has 22 heavy (non-hydrogen) atoms. The van der Waals surface area contributed by atoms with E-state index < -0.39 is 12.2 Å². The maximum Gasteiger partial charge on any atom is 0.405 e. The van der Waals surface area contributed by atoms with Gasteiger partial charge in [-0.05, 0) is 24.6 Å². The van der Waals surface area contributed by atoms with Crippen LogP contribution in [0.1, 0.15) is 24.2 Å². The number of nitrogens with one attached hydrogen (secondary N) is 1. The van der Waals surface area contributed by atoms with E-state index in [1.165, 1.54) is 0 Å². The van der Waals surface area contributed by atoms with E-state index in [1.807, 2.05) is 55.6 Å². The summed E-state index contributed by atoms with van der Waals surface area (Å²) in [7, 11) is 1.83. The lowest BCUT2D eigenvalue weighted by atomic mass is 10.1. The van der Waals surface area contributed by atoms with Gasteiger partial charge in [0, 0.05) is 24.4 Å². The Labute approximate surface area is 130 Å². The Hall–Kier alpha value is -2.69. The van der Waals surface area contributed by atoms with Gasteiger partial charge in [-0.25, -0.2) is 4.79 Å². The molecule has 0 saturated carbocycles. The molecule has 0 heterocycles. The maximum atomic E-state index is 10.9. The van der Waals surface area contributed by atoms with E-state index in [2.05, 4.69) is 5.32 Å². The Bertz CT molecular complexity index is 629. The first-order valence-electron chi connectivity index (χ1n) is 7.04. The van der Waals surface area contributed by atoms with Crippen LogP contribution in [0.2, 0.25) is 0 Å². The number of anilines is 1. The number of nitrogens with two attached hydrogens (primary N) is 1. The SMILES string of the molecule is CNc1ccc(C(C)OC(N)=O)c(OCc2ccccc2)c1. The minimum atomic E-state index is -0.806. The van der Waals surface area contributed by atoms with Gasteiger partial charge in [0.05, 0.1) is 0 Å². The van der Waals surface area contributed by atoms with Gasteiger partial charge < -0.3 is 20.5 Å². The molecule has 0 saturated heterocycles. The first-order valence-corrected chi connectivity index (χ1v) is 7.04. The number of carbonyl (C=O) groups excluding carboxylic acids is 1. The molecule has 0 aromatic heterocycles. The molecule has 0 fully saturated rings. The second-order valence-electron chi connectivity index (χ2n) is 4.86. The Balaban J connectivity index is 2.20. The topological polar surface area (TPSA) is 73.6 Å². The fourth-order valence-corrected chi connectivity index (χ4v) is 2.12. The quantitative estimate of drug-likeness (QED) is 0.856. The van der Waals surface area contributed by atoms with Crippen molar-refractivity contribution in [2.24, 2.45) is 5.73 Å². The zero-order chi connectivity index (χ0) is 15.9. The van der Waals surface area contributed by atoms with Crippen molar-refractivity contribution >= 4 is 11.8 Å². The van der Waals surface area contributed by atoms with E-state index in [0.717, 1.165) is 16.8 Å². The largest absolute Gasteiger partial charge is 0.488 e. The Morgan fingerprint density at radius 1 is 1.23 bits per heavy atom. The van der Waals surface area contributed by atoms with Gasteiger partial charge in [-0.3, -0.25) is 0 Å². The molecule has 116 valence electrons. The molecule has 5 nitrogen and oxygen atoms in total. The third-order valence-electron chi connectivity index (χ3n) is 3.27. The second kappa shape index (κ2) is 7.36. The summed E-state index contributed by atoms with van der Waals surface area (Å²) in [5, 5.41) is 3.06. The molecular weight excluding hydrogens is 280 g/mol. The fourth-order valence-electron chi connectivity index (χ4n) is 2.12. The standard InChI is InChI=1S/C17H20N2O3/c1-12(22-17(18)20)15-9-8-14(19-2)10-16(15)21-11-13-6-4-3-5-7-13/h3-10,12,19H,11H2,1-2H3,(H2,18,20). The van der Waals surface area contributed by atoms with Crippen LogP contribution in [0.15, 0.2) is 48.5 Å². The molecule has 2 aromatic rings. The van der Waals surface area contributed by atoms with Crippen molar-refractivity contribution in [3.8, 4) is 5.75 Å². The summed E-state index contributed by atoms with van der Waals surface area (Å²) in [6.07, 6.45) is -1.28. The number of hydrogen-bond donors (Lipinski definition) is 2. The van der Waals surface area contributed by atoms with E-state index in [-0.39, 0.29) is 0 Å². The van der Waals surface area contributed by atoms with Crippen molar-refractivity contribution < 1.29 is 14.3 Å². The molecule has 1 atom stereocenters. The van der Waals surface area contributed by atoms with Gasteiger partial charge in [0.25, 0.3) is 0 Å². The number of rotatable bonds is 6. The van der Waals surface area contributed by atoms with Crippen LogP contribution in [-0.4, -0.2) is 13.1 Å². The average molecular weight is 300 g/mol. The lowest BCUT2D eigenvalue weighted by Gasteiger charge is -2.18. The van der Waals surface area contributed by atoms with Crippen LogP contribution in [0.4, 0.5) is 10.5 Å². The Morgan fingerprint density at radius 2 is 1.95 bits per heavy atom. The molecule has 1 unspecified atom stereocenters. The highest BCUT2D eigenvalue weighted by atomic mass is 16.6. The second-order valence-corrected chi connectivity index (χ2v) is 4.86. The smallest absolute Gasteiger partial charge is 0.405 e. The summed E-state index contributed by atoms with van der Waals surface area (Å²) >= 11 is 0. The highest BCUT2D eigenvalue weighted by Gasteiger charge is 2.15. The molecule has 0 radical (unpaired) electrons. The van der Waals surface area contributed by atoms with Crippen LogP contribution in [-0.2, 0) is 11.3 Å². The molecule has 5 heteroatoms. The average Bonchev–Trinajstić information content (AvgIpc) is 2.53. The predicted molar refractivity (Wildman–Crippen MR) is 85.8 cm³/mol. The van der Waals surface area contributed by atoms with E-state index in [0.29, 0.717) is 12.4 Å². The van der Waals surface area contributed by atoms with Crippen molar-refractivity contribution in [3.05, 3.63) is 59.7 Å². The van der Waals surface area contributed by atoms with Crippen molar-refractivity contribution in [3.63, 3.8) is 0 Å². The van der Waals surface area contributed by atoms with Gasteiger partial charge in [0.15, 0.2) is 0 Å². The number of hydrogen-bond acceptors (Lipinski definition) is 4. The van der Waals surface area contributed by atoms with Crippen molar-refractivity contribution in [1.82, 2.24) is 0 Å². The molecule has 1 amide bonds. The summed E-state index contributed by atoms with van der Waals surface area (Å²) in [5.41, 5.74) is 7.84. The van der Waals surface area contributed by atoms with Crippen LogP contribution in [0.5, 0.6) is 5.75 Å². The molecular formula is C17H20N2O3. The summed E-state index contributed by atoms with van der Waals surface area (Å²) in [5.74, 6) is 0.657. The van der Waals surface area contributed by atoms with Gasteiger partial charge in [-0.2, -0.15) is 0 Å². The molecule has 0 aliphatic rings. The summed E-state index contributed by atoms with van der Waals surface area (Å²) < 4.78 is 10.9. The number of amides is 1. The van der Waals surface area contributed by atoms with Crippen molar-refractivity contribution in [2.75, 3.05) is 12.4 Å². The summed E-state index contributed by atoms with van der Waals surface area (Å²) in [6, 6.07) is 15.5. The maximum absolute atomic E-state index is 10.9. The normalized spacial score (nSPS) is 11.5. The Kier molecular flexibility index (Phi) is 5.25. The minimum absolute atomic E-state index is 0.435. The third kappa shape index (κ3) is 4.15. The first kappa shape index (κ1) is 15.7. The lowest BCUT2D eigenvalue weighted by Crippen LogP contribution is -2.16.